The highest BCUT2D eigenvalue weighted by Gasteiger charge is 2.19. The van der Waals surface area contributed by atoms with E-state index in [9.17, 15) is 14.9 Å². The van der Waals surface area contributed by atoms with E-state index in [0.717, 1.165) is 0 Å². The van der Waals surface area contributed by atoms with Gasteiger partial charge in [0.15, 0.2) is 6.54 Å². The van der Waals surface area contributed by atoms with Crippen molar-refractivity contribution in [1.29, 1.82) is 0 Å². The summed E-state index contributed by atoms with van der Waals surface area (Å²) in [7, 11) is 0. The lowest BCUT2D eigenvalue weighted by molar-refractivity contribution is -0.389. The van der Waals surface area contributed by atoms with E-state index in [1.807, 2.05) is 0 Å². The van der Waals surface area contributed by atoms with E-state index < -0.39 is 10.9 Å². The van der Waals surface area contributed by atoms with E-state index in [1.54, 1.807) is 6.92 Å². The molecule has 1 rings (SSSR count). The molecule has 0 aliphatic rings. The molecular weight excluding hydrogens is 282 g/mol. The van der Waals surface area contributed by atoms with Crippen molar-refractivity contribution in [3.63, 3.8) is 0 Å². The molecule has 16 heavy (non-hydrogen) atoms. The molecule has 0 saturated heterocycles. The van der Waals surface area contributed by atoms with Gasteiger partial charge in [0.25, 0.3) is 0 Å². The summed E-state index contributed by atoms with van der Waals surface area (Å²) in [6, 6.07) is 1.31. The summed E-state index contributed by atoms with van der Waals surface area (Å²) in [6.07, 6.45) is 0. The smallest absolute Gasteiger partial charge is 0.390 e. The zero-order chi connectivity index (χ0) is 12.1. The molecule has 0 bridgehead atoms. The second kappa shape index (κ2) is 5.59. The van der Waals surface area contributed by atoms with Crippen LogP contribution in [0.4, 0.5) is 5.82 Å². The summed E-state index contributed by atoms with van der Waals surface area (Å²) in [6.45, 7) is 1.84. The van der Waals surface area contributed by atoms with Crippen LogP contribution in [-0.4, -0.2) is 27.3 Å². The first-order valence-corrected chi connectivity index (χ1v) is 5.63. The number of hydrogen-bond donors (Lipinski definition) is 0. The first-order chi connectivity index (χ1) is 7.58. The molecule has 0 aromatic carbocycles. The lowest BCUT2D eigenvalue weighted by Gasteiger charge is -2.00. The van der Waals surface area contributed by atoms with Gasteiger partial charge in [-0.2, -0.15) is 4.68 Å². The van der Waals surface area contributed by atoms with Crippen molar-refractivity contribution >= 4 is 27.7 Å². The number of nitrogens with zero attached hydrogens (tertiary/aromatic N) is 3. The van der Waals surface area contributed by atoms with Crippen LogP contribution in [0.1, 0.15) is 12.6 Å². The number of halogens is 1. The van der Waals surface area contributed by atoms with E-state index >= 15 is 0 Å². The van der Waals surface area contributed by atoms with Crippen molar-refractivity contribution in [2.45, 2.75) is 18.8 Å². The average Bonchev–Trinajstić information content (AvgIpc) is 2.61. The maximum absolute atomic E-state index is 11.2. The van der Waals surface area contributed by atoms with Crippen LogP contribution in [-0.2, 0) is 21.4 Å². The standard InChI is InChI=1S/C8H10BrN3O4/c1-2-16-8(13)5-11-6(4-9)3-7(10-11)12(14)15/h3H,2,4-5H2,1H3. The number of carbonyl (C=O) groups is 1. The highest BCUT2D eigenvalue weighted by atomic mass is 79.9. The lowest BCUT2D eigenvalue weighted by atomic mass is 10.4. The van der Waals surface area contributed by atoms with Crippen molar-refractivity contribution in [3.05, 3.63) is 21.9 Å². The third kappa shape index (κ3) is 3.02. The van der Waals surface area contributed by atoms with Crippen LogP contribution in [0.25, 0.3) is 0 Å². The van der Waals surface area contributed by atoms with Crippen LogP contribution in [0.2, 0.25) is 0 Å². The Morgan fingerprint density at radius 1 is 1.75 bits per heavy atom. The first-order valence-electron chi connectivity index (χ1n) is 4.51. The van der Waals surface area contributed by atoms with Gasteiger partial charge in [-0.1, -0.05) is 15.9 Å². The van der Waals surface area contributed by atoms with Crippen LogP contribution in [0.3, 0.4) is 0 Å². The molecule has 88 valence electrons. The van der Waals surface area contributed by atoms with Gasteiger partial charge in [-0.15, -0.1) is 0 Å². The van der Waals surface area contributed by atoms with Gasteiger partial charge in [0.05, 0.1) is 23.5 Å². The molecule has 1 heterocycles. The highest BCUT2D eigenvalue weighted by molar-refractivity contribution is 9.08. The minimum Gasteiger partial charge on any atom is -0.465 e. The molecular formula is C8H10BrN3O4. The second-order valence-electron chi connectivity index (χ2n) is 2.85. The predicted octanol–water partition coefficient (Wildman–Crippen LogP) is 1.25. The Balaban J connectivity index is 2.85. The zero-order valence-corrected chi connectivity index (χ0v) is 10.1. The molecule has 7 nitrogen and oxygen atoms in total. The number of hydrogen-bond acceptors (Lipinski definition) is 5. The summed E-state index contributed by atoms with van der Waals surface area (Å²) in [5.41, 5.74) is 0.555. The minimum absolute atomic E-state index is 0.122. The topological polar surface area (TPSA) is 87.3 Å². The number of aromatic nitrogens is 2. The van der Waals surface area contributed by atoms with E-state index in [-0.39, 0.29) is 19.0 Å². The normalized spacial score (nSPS) is 10.1. The fourth-order valence-corrected chi connectivity index (χ4v) is 1.55. The molecule has 0 aliphatic carbocycles. The molecule has 0 N–H and O–H groups in total. The molecule has 0 unspecified atom stereocenters. The molecule has 8 heteroatoms. The Morgan fingerprint density at radius 3 is 2.94 bits per heavy atom. The summed E-state index contributed by atoms with van der Waals surface area (Å²) in [5.74, 6) is -0.749. The predicted molar refractivity (Wildman–Crippen MR) is 58.1 cm³/mol. The quantitative estimate of drug-likeness (QED) is 0.353. The molecule has 0 radical (unpaired) electrons. The number of nitro groups is 1. The number of rotatable bonds is 5. The van der Waals surface area contributed by atoms with Crippen molar-refractivity contribution in [3.8, 4) is 0 Å². The Bertz CT molecular complexity index is 404. The van der Waals surface area contributed by atoms with Gasteiger partial charge in [0, 0.05) is 5.33 Å². The van der Waals surface area contributed by atoms with Crippen LogP contribution >= 0.6 is 15.9 Å². The van der Waals surface area contributed by atoms with E-state index in [2.05, 4.69) is 21.0 Å². The second-order valence-corrected chi connectivity index (χ2v) is 3.41. The average molecular weight is 292 g/mol. The van der Waals surface area contributed by atoms with Crippen molar-refractivity contribution < 1.29 is 14.5 Å². The molecule has 0 spiro atoms. The first kappa shape index (κ1) is 12.6. The van der Waals surface area contributed by atoms with Crippen LogP contribution in [0.5, 0.6) is 0 Å². The molecule has 0 atom stereocenters. The maximum atomic E-state index is 11.2. The molecule has 0 aliphatic heterocycles. The SMILES string of the molecule is CCOC(=O)Cn1nc([N+](=O)[O-])cc1CBr. The lowest BCUT2D eigenvalue weighted by Crippen LogP contribution is -2.16. The van der Waals surface area contributed by atoms with Crippen LogP contribution in [0, 0.1) is 10.1 Å². The number of alkyl halides is 1. The summed E-state index contributed by atoms with van der Waals surface area (Å²) in [5, 5.41) is 14.6. The highest BCUT2D eigenvalue weighted by Crippen LogP contribution is 2.14. The van der Waals surface area contributed by atoms with E-state index in [0.29, 0.717) is 11.0 Å². The minimum atomic E-state index is -0.603. The number of carbonyl (C=O) groups excluding carboxylic acids is 1. The van der Waals surface area contributed by atoms with Crippen molar-refractivity contribution in [2.24, 2.45) is 0 Å². The van der Waals surface area contributed by atoms with E-state index in [4.69, 9.17) is 4.74 Å². The summed E-state index contributed by atoms with van der Waals surface area (Å²) >= 11 is 3.16. The summed E-state index contributed by atoms with van der Waals surface area (Å²) in [4.78, 5) is 21.1. The van der Waals surface area contributed by atoms with Crippen LogP contribution < -0.4 is 0 Å². The van der Waals surface area contributed by atoms with Gasteiger partial charge >= 0.3 is 11.8 Å². The van der Waals surface area contributed by atoms with Gasteiger partial charge in [-0.05, 0) is 11.8 Å². The Morgan fingerprint density at radius 2 is 2.44 bits per heavy atom. The van der Waals surface area contributed by atoms with Gasteiger partial charge in [0.2, 0.25) is 0 Å². The number of ether oxygens (including phenoxy) is 1. The fourth-order valence-electron chi connectivity index (χ4n) is 1.10. The van der Waals surface area contributed by atoms with Gasteiger partial charge in [-0.25, -0.2) is 4.79 Å². The van der Waals surface area contributed by atoms with Gasteiger partial charge in [0.1, 0.15) is 0 Å². The molecule has 0 amide bonds. The molecule has 1 aromatic rings. The maximum Gasteiger partial charge on any atom is 0.390 e. The van der Waals surface area contributed by atoms with E-state index in [1.165, 1.54) is 10.7 Å². The van der Waals surface area contributed by atoms with Gasteiger partial charge in [-0.3, -0.25) is 0 Å². The van der Waals surface area contributed by atoms with Crippen LogP contribution in [0.15, 0.2) is 6.07 Å². The molecule has 0 saturated carbocycles. The Kier molecular flexibility index (Phi) is 4.41. The third-order valence-electron chi connectivity index (χ3n) is 1.76. The Labute approximate surface area is 99.7 Å². The Hall–Kier alpha value is -1.44. The largest absolute Gasteiger partial charge is 0.465 e. The van der Waals surface area contributed by atoms with Crippen molar-refractivity contribution in [1.82, 2.24) is 9.78 Å². The molecule has 1 aromatic heterocycles. The monoisotopic (exact) mass is 291 g/mol. The van der Waals surface area contributed by atoms with Crippen molar-refractivity contribution in [2.75, 3.05) is 6.61 Å². The fraction of sp³-hybridized carbons (Fsp3) is 0.500. The number of esters is 1. The molecule has 0 fully saturated rings. The van der Waals surface area contributed by atoms with Gasteiger partial charge < -0.3 is 14.9 Å². The zero-order valence-electron chi connectivity index (χ0n) is 8.55. The summed E-state index contributed by atoms with van der Waals surface area (Å²) < 4.78 is 5.98. The third-order valence-corrected chi connectivity index (χ3v) is 2.33.